The van der Waals surface area contributed by atoms with Gasteiger partial charge in [-0.25, -0.2) is 15.0 Å². The summed E-state index contributed by atoms with van der Waals surface area (Å²) in [4.78, 5) is 21.3. The summed E-state index contributed by atoms with van der Waals surface area (Å²) in [6.45, 7) is 10.3. The average molecular weight is 392 g/mol. The molecule has 29 heavy (non-hydrogen) atoms. The highest BCUT2D eigenvalue weighted by Gasteiger charge is 2.47. The Bertz CT molecular complexity index is 1030. The minimum Gasteiger partial charge on any atom is -0.356 e. The molecule has 2 aliphatic rings. The molecule has 7 heteroatoms. The van der Waals surface area contributed by atoms with Crippen molar-refractivity contribution < 1.29 is 1.43 Å². The standard InChI is InChI=1S/C20H21N7.C2H6.H2/c1-20-11-26(19-16-4-6-22-18(16)24-13-25-19)7-5-15(20)10-27(12-20)17-3-2-14(8-21)9-23-17;1-2;/h2-4,6,9,13,15H,5,7,10-12H2,1H3,(H,22,24,25);1-2H3;1H/t15?,20-;;/m1../s1. The number of nitrogens with one attached hydrogen (secondary N) is 1. The fourth-order valence-electron chi connectivity index (χ4n) is 4.67. The quantitative estimate of drug-likeness (QED) is 0.714. The second-order valence-electron chi connectivity index (χ2n) is 7.90. The number of pyridine rings is 1. The molecular weight excluding hydrogens is 362 g/mol. The Labute approximate surface area is 172 Å². The lowest BCUT2D eigenvalue weighted by Gasteiger charge is -2.42. The molecule has 1 N–H and O–H groups in total. The summed E-state index contributed by atoms with van der Waals surface area (Å²) >= 11 is 0. The highest BCUT2D eigenvalue weighted by molar-refractivity contribution is 5.87. The van der Waals surface area contributed by atoms with Crippen LogP contribution in [-0.2, 0) is 0 Å². The van der Waals surface area contributed by atoms with Crippen LogP contribution in [0.25, 0.3) is 11.0 Å². The maximum Gasteiger partial charge on any atom is 0.142 e. The number of piperidine rings is 1. The molecule has 0 spiro atoms. The number of aromatic nitrogens is 4. The molecule has 0 radical (unpaired) electrons. The van der Waals surface area contributed by atoms with Crippen molar-refractivity contribution in [3.63, 3.8) is 0 Å². The van der Waals surface area contributed by atoms with Gasteiger partial charge in [0.2, 0.25) is 0 Å². The van der Waals surface area contributed by atoms with Crippen LogP contribution < -0.4 is 9.80 Å². The van der Waals surface area contributed by atoms with E-state index in [0.717, 1.165) is 55.3 Å². The Morgan fingerprint density at radius 2 is 2.00 bits per heavy atom. The third-order valence-electron chi connectivity index (χ3n) is 6.11. The lowest BCUT2D eigenvalue weighted by Crippen LogP contribution is -2.47. The molecule has 152 valence electrons. The van der Waals surface area contributed by atoms with Crippen LogP contribution in [0.3, 0.4) is 0 Å². The fraction of sp³-hybridized carbons (Fsp3) is 0.455. The number of aromatic amines is 1. The van der Waals surface area contributed by atoms with Crippen molar-refractivity contribution in [3.8, 4) is 6.07 Å². The zero-order chi connectivity index (χ0) is 20.4. The maximum absolute atomic E-state index is 8.98. The van der Waals surface area contributed by atoms with Crippen LogP contribution in [0.4, 0.5) is 11.6 Å². The lowest BCUT2D eigenvalue weighted by molar-refractivity contribution is 0.216. The van der Waals surface area contributed by atoms with Crippen LogP contribution in [0.15, 0.2) is 36.9 Å². The topological polar surface area (TPSA) is 84.7 Å². The van der Waals surface area contributed by atoms with Crippen LogP contribution in [-0.4, -0.2) is 46.1 Å². The average Bonchev–Trinajstić information content (AvgIpc) is 3.38. The Hall–Kier alpha value is -3.14. The molecule has 5 rings (SSSR count). The van der Waals surface area contributed by atoms with Gasteiger partial charge >= 0.3 is 0 Å². The van der Waals surface area contributed by atoms with Gasteiger partial charge in [-0.15, -0.1) is 0 Å². The van der Waals surface area contributed by atoms with E-state index < -0.39 is 0 Å². The zero-order valence-corrected chi connectivity index (χ0v) is 17.3. The van der Waals surface area contributed by atoms with E-state index in [1.54, 1.807) is 12.5 Å². The molecule has 5 heterocycles. The lowest BCUT2D eigenvalue weighted by atomic mass is 9.75. The predicted octanol–water partition coefficient (Wildman–Crippen LogP) is 3.85. The van der Waals surface area contributed by atoms with Crippen molar-refractivity contribution in [3.05, 3.63) is 42.5 Å². The number of H-pyrrole nitrogens is 1. The van der Waals surface area contributed by atoms with E-state index in [1.807, 2.05) is 32.2 Å². The van der Waals surface area contributed by atoms with E-state index in [1.165, 1.54) is 0 Å². The summed E-state index contributed by atoms with van der Waals surface area (Å²) in [6.07, 6.45) is 6.37. The molecule has 2 aliphatic heterocycles. The van der Waals surface area contributed by atoms with E-state index in [4.69, 9.17) is 5.26 Å². The molecule has 0 amide bonds. The number of fused-ring (bicyclic) bond motifs is 2. The SMILES string of the molecule is CC.C[C@@]12CN(c3ccc(C#N)cn3)CC1CCN(c1ncnc3[nH]ccc13)C2.[HH]. The van der Waals surface area contributed by atoms with Crippen molar-refractivity contribution >= 4 is 22.7 Å². The van der Waals surface area contributed by atoms with E-state index in [9.17, 15) is 0 Å². The van der Waals surface area contributed by atoms with E-state index >= 15 is 0 Å². The minimum absolute atomic E-state index is 0. The number of nitrogens with zero attached hydrogens (tertiary/aromatic N) is 6. The summed E-state index contributed by atoms with van der Waals surface area (Å²) < 4.78 is 0. The smallest absolute Gasteiger partial charge is 0.142 e. The first-order valence-corrected chi connectivity index (χ1v) is 10.3. The molecule has 0 bridgehead atoms. The molecule has 2 fully saturated rings. The third-order valence-corrected chi connectivity index (χ3v) is 6.11. The second-order valence-corrected chi connectivity index (χ2v) is 7.90. The van der Waals surface area contributed by atoms with Gasteiger partial charge in [-0.2, -0.15) is 5.26 Å². The molecule has 2 saturated heterocycles. The molecule has 0 aromatic carbocycles. The van der Waals surface area contributed by atoms with Crippen molar-refractivity contribution in [1.82, 2.24) is 19.9 Å². The van der Waals surface area contributed by atoms with Gasteiger partial charge in [0, 0.05) is 45.4 Å². The Kier molecular flexibility index (Phi) is 5.10. The van der Waals surface area contributed by atoms with Gasteiger partial charge in [0.15, 0.2) is 0 Å². The van der Waals surface area contributed by atoms with Gasteiger partial charge in [0.05, 0.1) is 10.9 Å². The fourth-order valence-corrected chi connectivity index (χ4v) is 4.67. The molecule has 0 saturated carbocycles. The van der Waals surface area contributed by atoms with Gasteiger partial charge < -0.3 is 14.8 Å². The van der Waals surface area contributed by atoms with Gasteiger partial charge in [-0.05, 0) is 30.5 Å². The summed E-state index contributed by atoms with van der Waals surface area (Å²) in [5, 5.41) is 10.1. The second kappa shape index (κ2) is 7.70. The molecular formula is C22H29N7. The maximum atomic E-state index is 8.98. The Morgan fingerprint density at radius 3 is 2.76 bits per heavy atom. The minimum atomic E-state index is 0. The third kappa shape index (κ3) is 3.39. The van der Waals surface area contributed by atoms with Crippen LogP contribution in [0.2, 0.25) is 0 Å². The number of hydrogen-bond donors (Lipinski definition) is 1. The largest absolute Gasteiger partial charge is 0.356 e. The molecule has 7 nitrogen and oxygen atoms in total. The molecule has 2 atom stereocenters. The van der Waals surface area contributed by atoms with E-state index in [-0.39, 0.29) is 6.84 Å². The number of rotatable bonds is 2. The summed E-state index contributed by atoms with van der Waals surface area (Å²) in [5.74, 6) is 2.62. The highest BCUT2D eigenvalue weighted by atomic mass is 15.3. The molecule has 3 aromatic rings. The van der Waals surface area contributed by atoms with Crippen molar-refractivity contribution in [1.29, 1.82) is 5.26 Å². The van der Waals surface area contributed by atoms with Gasteiger partial charge in [-0.1, -0.05) is 20.8 Å². The number of hydrogen-bond acceptors (Lipinski definition) is 6. The molecule has 0 aliphatic carbocycles. The summed E-state index contributed by atoms with van der Waals surface area (Å²) in [7, 11) is 0. The number of nitriles is 1. The monoisotopic (exact) mass is 391 g/mol. The normalized spacial score (nSPS) is 23.3. The molecule has 3 aromatic heterocycles. The number of anilines is 2. The van der Waals surface area contributed by atoms with Gasteiger partial charge in [0.25, 0.3) is 0 Å². The Morgan fingerprint density at radius 1 is 1.17 bits per heavy atom. The highest BCUT2D eigenvalue weighted by Crippen LogP contribution is 2.44. The Balaban J connectivity index is 0.000000830. The van der Waals surface area contributed by atoms with Gasteiger partial charge in [-0.3, -0.25) is 0 Å². The van der Waals surface area contributed by atoms with Crippen molar-refractivity contribution in [2.75, 3.05) is 36.0 Å². The first-order chi connectivity index (χ1) is 14.2. The van der Waals surface area contributed by atoms with Crippen LogP contribution >= 0.6 is 0 Å². The first kappa shape index (κ1) is 19.2. The summed E-state index contributed by atoms with van der Waals surface area (Å²) in [6, 6.07) is 8.01. The van der Waals surface area contributed by atoms with Crippen LogP contribution in [0, 0.1) is 22.7 Å². The first-order valence-electron chi connectivity index (χ1n) is 10.3. The molecule has 1 unspecified atom stereocenters. The van der Waals surface area contributed by atoms with E-state index in [2.05, 4.69) is 48.8 Å². The van der Waals surface area contributed by atoms with E-state index in [0.29, 0.717) is 11.5 Å². The van der Waals surface area contributed by atoms with Crippen LogP contribution in [0.5, 0.6) is 0 Å². The van der Waals surface area contributed by atoms with Crippen molar-refractivity contribution in [2.24, 2.45) is 11.3 Å². The van der Waals surface area contributed by atoms with Crippen LogP contribution in [0.1, 0.15) is 34.2 Å². The van der Waals surface area contributed by atoms with Gasteiger partial charge in [0.1, 0.15) is 29.7 Å². The summed E-state index contributed by atoms with van der Waals surface area (Å²) in [5.41, 5.74) is 1.68. The van der Waals surface area contributed by atoms with Crippen molar-refractivity contribution in [2.45, 2.75) is 27.2 Å². The zero-order valence-electron chi connectivity index (χ0n) is 17.3. The predicted molar refractivity (Wildman–Crippen MR) is 117 cm³/mol.